The quantitative estimate of drug-likeness (QED) is 0.343. The largest absolute Gasteiger partial charge is 0.383 e. The molecular weight excluding hydrogens is 356 g/mol. The minimum Gasteiger partial charge on any atom is -0.383 e. The van der Waals surface area contributed by atoms with Crippen LogP contribution in [0.4, 0.5) is 5.69 Å². The van der Waals surface area contributed by atoms with E-state index in [9.17, 15) is 4.79 Å². The first-order valence-electron chi connectivity index (χ1n) is 8.45. The van der Waals surface area contributed by atoms with Gasteiger partial charge in [-0.3, -0.25) is 4.79 Å². The minimum atomic E-state index is -0.0169. The number of rotatable bonds is 5. The zero-order valence-electron chi connectivity index (χ0n) is 14.9. The zero-order chi connectivity index (χ0) is 19.4. The summed E-state index contributed by atoms with van der Waals surface area (Å²) in [6.07, 6.45) is 0. The molecule has 0 atom stereocenters. The van der Waals surface area contributed by atoms with Crippen LogP contribution in [-0.2, 0) is 0 Å². The minimum absolute atomic E-state index is 0.0169. The SMILES string of the molecule is C=C(C(N)=Nc1ccc(Cl)cc1)c1ccc(-c2ccccc2)c(C(C)=O)c1. The van der Waals surface area contributed by atoms with Crippen LogP contribution in [0.1, 0.15) is 22.8 Å². The molecule has 4 heteroatoms. The highest BCUT2D eigenvalue weighted by atomic mass is 35.5. The van der Waals surface area contributed by atoms with Gasteiger partial charge in [-0.2, -0.15) is 0 Å². The van der Waals surface area contributed by atoms with Crippen molar-refractivity contribution in [2.24, 2.45) is 10.7 Å². The van der Waals surface area contributed by atoms with Crippen molar-refractivity contribution in [1.29, 1.82) is 0 Å². The van der Waals surface area contributed by atoms with E-state index in [1.165, 1.54) is 0 Å². The van der Waals surface area contributed by atoms with Crippen LogP contribution in [0.15, 0.2) is 84.4 Å². The van der Waals surface area contributed by atoms with Gasteiger partial charge in [0.05, 0.1) is 5.69 Å². The number of amidine groups is 1. The van der Waals surface area contributed by atoms with Crippen molar-refractivity contribution >= 4 is 34.5 Å². The van der Waals surface area contributed by atoms with E-state index >= 15 is 0 Å². The summed E-state index contributed by atoms with van der Waals surface area (Å²) < 4.78 is 0. The Morgan fingerprint density at radius 2 is 1.67 bits per heavy atom. The van der Waals surface area contributed by atoms with Crippen molar-refractivity contribution in [3.8, 4) is 11.1 Å². The number of carbonyl (C=O) groups is 1. The Hall–Kier alpha value is -3.17. The standard InChI is InChI=1S/C23H19ClN2O/c1-15(23(25)26-20-11-9-19(24)10-12-20)18-8-13-21(22(14-18)16(2)27)17-6-4-3-5-7-17/h3-14H,1H2,2H3,(H2,25,26). The number of halogens is 1. The second kappa shape index (κ2) is 8.02. The molecule has 2 N–H and O–H groups in total. The van der Waals surface area contributed by atoms with Crippen LogP contribution in [-0.4, -0.2) is 11.6 Å². The summed E-state index contributed by atoms with van der Waals surface area (Å²) in [7, 11) is 0. The lowest BCUT2D eigenvalue weighted by Gasteiger charge is -2.12. The van der Waals surface area contributed by atoms with Gasteiger partial charge in [-0.1, -0.05) is 60.6 Å². The smallest absolute Gasteiger partial charge is 0.160 e. The Balaban J connectivity index is 1.97. The molecule has 0 aliphatic heterocycles. The highest BCUT2D eigenvalue weighted by Crippen LogP contribution is 2.28. The molecule has 0 aromatic heterocycles. The molecule has 3 aromatic rings. The molecule has 134 valence electrons. The second-order valence-corrected chi connectivity index (χ2v) is 6.57. The molecule has 0 unspecified atom stereocenters. The molecule has 3 rings (SSSR count). The van der Waals surface area contributed by atoms with E-state index in [-0.39, 0.29) is 5.78 Å². The van der Waals surface area contributed by atoms with Gasteiger partial charge in [-0.05, 0) is 53.9 Å². The summed E-state index contributed by atoms with van der Waals surface area (Å²) in [5.41, 5.74) is 10.6. The molecule has 27 heavy (non-hydrogen) atoms. The van der Waals surface area contributed by atoms with Crippen molar-refractivity contribution in [3.63, 3.8) is 0 Å². The Morgan fingerprint density at radius 3 is 2.30 bits per heavy atom. The maximum Gasteiger partial charge on any atom is 0.160 e. The molecule has 0 saturated heterocycles. The first-order chi connectivity index (χ1) is 13.0. The van der Waals surface area contributed by atoms with Crippen LogP contribution in [0.25, 0.3) is 16.7 Å². The van der Waals surface area contributed by atoms with Crippen LogP contribution >= 0.6 is 11.6 Å². The third-order valence-corrected chi connectivity index (χ3v) is 4.47. The average Bonchev–Trinajstić information content (AvgIpc) is 2.69. The van der Waals surface area contributed by atoms with Crippen molar-refractivity contribution in [1.82, 2.24) is 0 Å². The van der Waals surface area contributed by atoms with E-state index in [2.05, 4.69) is 11.6 Å². The lowest BCUT2D eigenvalue weighted by atomic mass is 9.93. The number of carbonyl (C=O) groups excluding carboxylic acids is 1. The molecular formula is C23H19ClN2O. The van der Waals surface area contributed by atoms with Gasteiger partial charge in [0.1, 0.15) is 5.84 Å². The topological polar surface area (TPSA) is 55.4 Å². The fourth-order valence-corrected chi connectivity index (χ4v) is 2.89. The Labute approximate surface area is 163 Å². The highest BCUT2D eigenvalue weighted by molar-refractivity contribution is 6.30. The molecule has 0 aliphatic rings. The maximum absolute atomic E-state index is 12.2. The Kier molecular flexibility index (Phi) is 5.53. The molecule has 0 fully saturated rings. The van der Waals surface area contributed by atoms with Crippen molar-refractivity contribution in [2.75, 3.05) is 0 Å². The monoisotopic (exact) mass is 374 g/mol. The summed E-state index contributed by atoms with van der Waals surface area (Å²) in [4.78, 5) is 16.6. The van der Waals surface area contributed by atoms with E-state index in [1.54, 1.807) is 31.2 Å². The summed E-state index contributed by atoms with van der Waals surface area (Å²) >= 11 is 5.89. The third-order valence-electron chi connectivity index (χ3n) is 4.22. The van der Waals surface area contributed by atoms with E-state index in [0.717, 1.165) is 16.7 Å². The van der Waals surface area contributed by atoms with E-state index in [1.807, 2.05) is 48.5 Å². The lowest BCUT2D eigenvalue weighted by molar-refractivity contribution is 0.101. The normalized spacial score (nSPS) is 11.3. The number of Topliss-reactive ketones (excluding diaryl/α,β-unsaturated/α-hetero) is 1. The molecule has 0 saturated carbocycles. The summed E-state index contributed by atoms with van der Waals surface area (Å²) in [5, 5.41) is 0.633. The van der Waals surface area contributed by atoms with Crippen LogP contribution in [0.3, 0.4) is 0 Å². The summed E-state index contributed by atoms with van der Waals surface area (Å²) in [6, 6.07) is 22.5. The summed E-state index contributed by atoms with van der Waals surface area (Å²) in [6.45, 7) is 5.60. The predicted octanol–water partition coefficient (Wildman–Crippen LogP) is 5.91. The molecule has 0 amide bonds. The predicted molar refractivity (Wildman–Crippen MR) is 114 cm³/mol. The van der Waals surface area contributed by atoms with Crippen LogP contribution in [0.2, 0.25) is 5.02 Å². The molecule has 0 bridgehead atoms. The van der Waals surface area contributed by atoms with E-state index in [4.69, 9.17) is 17.3 Å². The first kappa shape index (κ1) is 18.6. The fraction of sp³-hybridized carbons (Fsp3) is 0.0435. The highest BCUT2D eigenvalue weighted by Gasteiger charge is 2.13. The van der Waals surface area contributed by atoms with Gasteiger partial charge in [0, 0.05) is 16.2 Å². The van der Waals surface area contributed by atoms with Gasteiger partial charge in [0.25, 0.3) is 0 Å². The number of ketones is 1. The number of benzene rings is 3. The van der Waals surface area contributed by atoms with Crippen molar-refractivity contribution in [2.45, 2.75) is 6.92 Å². The number of nitrogens with two attached hydrogens (primary N) is 1. The molecule has 0 radical (unpaired) electrons. The first-order valence-corrected chi connectivity index (χ1v) is 8.83. The average molecular weight is 375 g/mol. The van der Waals surface area contributed by atoms with Gasteiger partial charge < -0.3 is 5.73 Å². The van der Waals surface area contributed by atoms with Crippen LogP contribution in [0.5, 0.6) is 0 Å². The molecule has 0 spiro atoms. The number of nitrogens with zero attached hydrogens (tertiary/aromatic N) is 1. The number of aliphatic imine (C=N–C) groups is 1. The van der Waals surface area contributed by atoms with Crippen LogP contribution in [0, 0.1) is 0 Å². The maximum atomic E-state index is 12.2. The van der Waals surface area contributed by atoms with Gasteiger partial charge in [-0.15, -0.1) is 0 Å². The fourth-order valence-electron chi connectivity index (χ4n) is 2.76. The van der Waals surface area contributed by atoms with Gasteiger partial charge in [0.15, 0.2) is 5.78 Å². The third kappa shape index (κ3) is 4.33. The van der Waals surface area contributed by atoms with E-state index in [0.29, 0.717) is 27.7 Å². The van der Waals surface area contributed by atoms with Crippen molar-refractivity contribution < 1.29 is 4.79 Å². The molecule has 3 nitrogen and oxygen atoms in total. The van der Waals surface area contributed by atoms with Crippen LogP contribution < -0.4 is 5.73 Å². The van der Waals surface area contributed by atoms with Gasteiger partial charge in [0.2, 0.25) is 0 Å². The molecule has 3 aromatic carbocycles. The van der Waals surface area contributed by atoms with Crippen molar-refractivity contribution in [3.05, 3.63) is 95.5 Å². The number of hydrogen-bond donors (Lipinski definition) is 1. The molecule has 0 aliphatic carbocycles. The lowest BCUT2D eigenvalue weighted by Crippen LogP contribution is -2.13. The Bertz CT molecular complexity index is 1020. The van der Waals surface area contributed by atoms with Gasteiger partial charge in [-0.25, -0.2) is 4.99 Å². The zero-order valence-corrected chi connectivity index (χ0v) is 15.7. The molecule has 0 heterocycles. The van der Waals surface area contributed by atoms with Gasteiger partial charge >= 0.3 is 0 Å². The summed E-state index contributed by atoms with van der Waals surface area (Å²) in [5.74, 6) is 0.274. The Morgan fingerprint density at radius 1 is 1.00 bits per heavy atom. The second-order valence-electron chi connectivity index (χ2n) is 6.13. The number of hydrogen-bond acceptors (Lipinski definition) is 2. The van der Waals surface area contributed by atoms with E-state index < -0.39 is 0 Å².